The molecule has 20 heavy (non-hydrogen) atoms. The number of aliphatic hydroxyl groups excluding tert-OH is 1. The van der Waals surface area contributed by atoms with Crippen molar-refractivity contribution in [1.82, 2.24) is 10.3 Å². The van der Waals surface area contributed by atoms with Gasteiger partial charge in [-0.3, -0.25) is 0 Å². The molecule has 1 rings (SSSR count). The number of pyridine rings is 1. The summed E-state index contributed by atoms with van der Waals surface area (Å²) < 4.78 is 14.6. The smallest absolute Gasteiger partial charge is 0.170 e. The Morgan fingerprint density at radius 1 is 1.40 bits per heavy atom. The summed E-state index contributed by atoms with van der Waals surface area (Å²) in [6.07, 6.45) is 1.62. The van der Waals surface area contributed by atoms with Crippen LogP contribution in [0.1, 0.15) is 40.2 Å². The lowest BCUT2D eigenvalue weighted by Gasteiger charge is -2.28. The number of halogens is 1. The molecule has 1 heterocycles. The molecule has 0 aliphatic heterocycles. The Morgan fingerprint density at radius 3 is 2.55 bits per heavy atom. The highest BCUT2D eigenvalue weighted by atomic mass is 19.1. The van der Waals surface area contributed by atoms with Gasteiger partial charge in [-0.25, -0.2) is 9.37 Å². The first-order chi connectivity index (χ1) is 9.26. The van der Waals surface area contributed by atoms with Crippen LogP contribution in [0, 0.1) is 5.82 Å². The molecule has 0 atom stereocenters. The van der Waals surface area contributed by atoms with Crippen LogP contribution < -0.4 is 10.2 Å². The first kappa shape index (κ1) is 16.9. The Bertz CT molecular complexity index is 430. The number of nitrogens with one attached hydrogen (secondary N) is 1. The molecule has 1 aromatic rings. The first-order valence-corrected chi connectivity index (χ1v) is 7.02. The number of anilines is 1. The minimum atomic E-state index is -0.314. The molecular formula is C15H26FN3O. The van der Waals surface area contributed by atoms with Gasteiger partial charge in [0.25, 0.3) is 0 Å². The molecule has 1 aromatic heterocycles. The van der Waals surface area contributed by atoms with Crippen molar-refractivity contribution in [2.75, 3.05) is 18.1 Å². The molecule has 0 fully saturated rings. The molecule has 0 radical (unpaired) electrons. The van der Waals surface area contributed by atoms with E-state index in [4.69, 9.17) is 5.11 Å². The number of hydrogen-bond acceptors (Lipinski definition) is 4. The zero-order chi connectivity index (χ0) is 15.3. The van der Waals surface area contributed by atoms with E-state index in [-0.39, 0.29) is 24.0 Å². The monoisotopic (exact) mass is 283 g/mol. The minimum absolute atomic E-state index is 0.0240. The van der Waals surface area contributed by atoms with Crippen LogP contribution in [0.15, 0.2) is 12.3 Å². The number of rotatable bonds is 6. The molecule has 0 spiro atoms. The number of aromatic nitrogens is 1. The van der Waals surface area contributed by atoms with E-state index in [0.717, 1.165) is 0 Å². The Balaban J connectivity index is 2.99. The van der Waals surface area contributed by atoms with Gasteiger partial charge >= 0.3 is 0 Å². The fraction of sp³-hybridized carbons (Fsp3) is 0.667. The molecule has 0 aliphatic carbocycles. The molecule has 2 N–H and O–H groups in total. The zero-order valence-electron chi connectivity index (χ0n) is 13.1. The average molecular weight is 283 g/mol. The van der Waals surface area contributed by atoms with E-state index in [0.29, 0.717) is 24.5 Å². The van der Waals surface area contributed by atoms with Crippen molar-refractivity contribution < 1.29 is 9.50 Å². The second kappa shape index (κ2) is 6.99. The molecule has 0 amide bonds. The lowest BCUT2D eigenvalue weighted by Crippen LogP contribution is -2.37. The quantitative estimate of drug-likeness (QED) is 0.841. The van der Waals surface area contributed by atoms with Crippen LogP contribution in [0.3, 0.4) is 0 Å². The van der Waals surface area contributed by atoms with Crippen molar-refractivity contribution in [1.29, 1.82) is 0 Å². The molecular weight excluding hydrogens is 257 g/mol. The van der Waals surface area contributed by atoms with Gasteiger partial charge in [-0.15, -0.1) is 0 Å². The summed E-state index contributed by atoms with van der Waals surface area (Å²) in [6.45, 7) is 10.8. The molecule has 114 valence electrons. The largest absolute Gasteiger partial charge is 0.395 e. The summed E-state index contributed by atoms with van der Waals surface area (Å²) in [5.74, 6) is -0.00587. The van der Waals surface area contributed by atoms with E-state index in [1.165, 1.54) is 0 Å². The standard InChI is InChI=1S/C15H26FN3O/c1-11(2)19(8-9-20)14-13(16)12(6-7-17-14)10-18-15(3,4)5/h6-7,11,18,20H,8-10H2,1-5H3. The maximum absolute atomic E-state index is 14.6. The second-order valence-corrected chi connectivity index (χ2v) is 6.22. The highest BCUT2D eigenvalue weighted by molar-refractivity contribution is 5.44. The van der Waals surface area contributed by atoms with Gasteiger partial charge in [-0.2, -0.15) is 0 Å². The van der Waals surface area contributed by atoms with Crippen LogP contribution >= 0.6 is 0 Å². The van der Waals surface area contributed by atoms with E-state index in [9.17, 15) is 4.39 Å². The summed E-state index contributed by atoms with van der Waals surface area (Å²) in [5.41, 5.74) is 0.520. The van der Waals surface area contributed by atoms with Crippen molar-refractivity contribution in [2.24, 2.45) is 0 Å². The molecule has 0 aromatic carbocycles. The SMILES string of the molecule is CC(C)N(CCO)c1nccc(CNC(C)(C)C)c1F. The van der Waals surface area contributed by atoms with E-state index in [1.807, 2.05) is 34.6 Å². The predicted molar refractivity (Wildman–Crippen MR) is 80.4 cm³/mol. The van der Waals surface area contributed by atoms with Gasteiger partial charge in [0.05, 0.1) is 6.61 Å². The van der Waals surface area contributed by atoms with Crippen LogP contribution in [0.2, 0.25) is 0 Å². The van der Waals surface area contributed by atoms with Crippen molar-refractivity contribution in [2.45, 2.75) is 52.7 Å². The lowest BCUT2D eigenvalue weighted by atomic mass is 10.1. The molecule has 0 bridgehead atoms. The number of aliphatic hydroxyl groups is 1. The Hall–Kier alpha value is -1.20. The van der Waals surface area contributed by atoms with E-state index in [2.05, 4.69) is 10.3 Å². The van der Waals surface area contributed by atoms with Crippen molar-refractivity contribution in [3.8, 4) is 0 Å². The first-order valence-electron chi connectivity index (χ1n) is 7.02. The summed E-state index contributed by atoms with van der Waals surface area (Å²) in [6, 6.07) is 1.77. The molecule has 0 saturated carbocycles. The van der Waals surface area contributed by atoms with E-state index >= 15 is 0 Å². The highest BCUT2D eigenvalue weighted by Crippen LogP contribution is 2.21. The van der Waals surface area contributed by atoms with Crippen LogP contribution in [-0.2, 0) is 6.54 Å². The zero-order valence-corrected chi connectivity index (χ0v) is 13.1. The minimum Gasteiger partial charge on any atom is -0.395 e. The third-order valence-electron chi connectivity index (χ3n) is 3.00. The maximum Gasteiger partial charge on any atom is 0.170 e. The van der Waals surface area contributed by atoms with Crippen LogP contribution in [0.4, 0.5) is 10.2 Å². The molecule has 5 heteroatoms. The Kier molecular flexibility index (Phi) is 5.89. The van der Waals surface area contributed by atoms with Gasteiger partial charge < -0.3 is 15.3 Å². The van der Waals surface area contributed by atoms with Crippen LogP contribution in [0.5, 0.6) is 0 Å². The molecule has 0 unspecified atom stereocenters. The van der Waals surface area contributed by atoms with Gasteiger partial charge in [0.15, 0.2) is 11.6 Å². The summed E-state index contributed by atoms with van der Waals surface area (Å²) in [4.78, 5) is 5.91. The second-order valence-electron chi connectivity index (χ2n) is 6.22. The fourth-order valence-electron chi connectivity index (χ4n) is 1.88. The summed E-state index contributed by atoms with van der Waals surface area (Å²) in [5, 5.41) is 12.4. The third-order valence-corrected chi connectivity index (χ3v) is 3.00. The number of nitrogens with zero attached hydrogens (tertiary/aromatic N) is 2. The third kappa shape index (κ3) is 4.72. The topological polar surface area (TPSA) is 48.4 Å². The molecule has 4 nitrogen and oxygen atoms in total. The summed E-state index contributed by atoms with van der Waals surface area (Å²) >= 11 is 0. The van der Waals surface area contributed by atoms with Crippen LogP contribution in [-0.4, -0.2) is 34.8 Å². The van der Waals surface area contributed by atoms with Gasteiger partial charge in [0.1, 0.15) is 0 Å². The van der Waals surface area contributed by atoms with Gasteiger partial charge in [0, 0.05) is 36.4 Å². The Labute approximate surface area is 121 Å². The van der Waals surface area contributed by atoms with Crippen LogP contribution in [0.25, 0.3) is 0 Å². The number of hydrogen-bond donors (Lipinski definition) is 2. The normalized spacial score (nSPS) is 12.0. The molecule has 0 saturated heterocycles. The maximum atomic E-state index is 14.6. The highest BCUT2D eigenvalue weighted by Gasteiger charge is 2.19. The van der Waals surface area contributed by atoms with Gasteiger partial charge in [-0.1, -0.05) is 0 Å². The van der Waals surface area contributed by atoms with E-state index < -0.39 is 0 Å². The van der Waals surface area contributed by atoms with Crippen molar-refractivity contribution in [3.05, 3.63) is 23.6 Å². The van der Waals surface area contributed by atoms with Crippen molar-refractivity contribution >= 4 is 5.82 Å². The van der Waals surface area contributed by atoms with Crippen molar-refractivity contribution in [3.63, 3.8) is 0 Å². The lowest BCUT2D eigenvalue weighted by molar-refractivity contribution is 0.298. The fourth-order valence-corrected chi connectivity index (χ4v) is 1.88. The average Bonchev–Trinajstić information content (AvgIpc) is 2.34. The predicted octanol–water partition coefficient (Wildman–Crippen LogP) is 2.32. The van der Waals surface area contributed by atoms with E-state index in [1.54, 1.807) is 17.2 Å². The van der Waals surface area contributed by atoms with Gasteiger partial charge in [-0.05, 0) is 40.7 Å². The summed E-state index contributed by atoms with van der Waals surface area (Å²) in [7, 11) is 0. The Morgan fingerprint density at radius 2 is 2.05 bits per heavy atom. The van der Waals surface area contributed by atoms with Gasteiger partial charge in [0.2, 0.25) is 0 Å². The molecule has 0 aliphatic rings.